The number of benzene rings is 3. The second-order valence-electron chi connectivity index (χ2n) is 9.84. The van der Waals surface area contributed by atoms with Crippen LogP contribution in [0.15, 0.2) is 82.6 Å². The normalized spacial score (nSPS) is 12.9. The first-order chi connectivity index (χ1) is 20.0. The third kappa shape index (κ3) is 9.70. The lowest BCUT2D eigenvalue weighted by molar-refractivity contribution is -0.138. The van der Waals surface area contributed by atoms with Crippen molar-refractivity contribution in [2.75, 3.05) is 6.54 Å². The molecule has 0 N–H and O–H groups in total. The Morgan fingerprint density at radius 1 is 0.674 bits per heavy atom. The van der Waals surface area contributed by atoms with Gasteiger partial charge in [-0.15, -0.1) is 0 Å². The first-order valence-corrected chi connectivity index (χ1v) is 16.3. The van der Waals surface area contributed by atoms with E-state index >= 15 is 0 Å². The number of rotatable bonds is 14. The number of hydrogen-bond acceptors (Lipinski definition) is 5. The Balaban J connectivity index is 1.83. The summed E-state index contributed by atoms with van der Waals surface area (Å²) in [5.74, 6) is -0.350. The Labute approximate surface area is 247 Å². The first-order valence-electron chi connectivity index (χ1n) is 13.4. The minimum absolute atomic E-state index is 0.0346. The number of nitrogens with zero attached hydrogens (tertiary/aromatic N) is 1. The van der Waals surface area contributed by atoms with Crippen LogP contribution in [0.5, 0.6) is 5.75 Å². The summed E-state index contributed by atoms with van der Waals surface area (Å²) in [4.78, 5) is -1.01. The van der Waals surface area contributed by atoms with Crippen LogP contribution in [0, 0.1) is 0 Å². The first kappa shape index (κ1) is 34.4. The zero-order valence-electron chi connectivity index (χ0n) is 23.2. The summed E-state index contributed by atoms with van der Waals surface area (Å²) in [5.41, 5.74) is -1.97. The van der Waals surface area contributed by atoms with Crippen LogP contribution in [-0.4, -0.2) is 27.7 Å². The minimum atomic E-state index is -4.78. The molecule has 3 aromatic carbocycles. The van der Waals surface area contributed by atoms with E-state index in [4.69, 9.17) is 4.18 Å². The summed E-state index contributed by atoms with van der Waals surface area (Å²) in [6.45, 7) is 1.76. The molecule has 0 radical (unpaired) electrons. The highest BCUT2D eigenvalue weighted by Gasteiger charge is 2.33. The molecule has 0 amide bonds. The van der Waals surface area contributed by atoms with E-state index in [0.29, 0.717) is 18.6 Å². The topological polar surface area (TPSA) is 80.8 Å². The molecule has 6 nitrogen and oxygen atoms in total. The lowest BCUT2D eigenvalue weighted by Gasteiger charge is -2.23. The van der Waals surface area contributed by atoms with Crippen LogP contribution in [0.3, 0.4) is 0 Å². The van der Waals surface area contributed by atoms with Gasteiger partial charge in [0, 0.05) is 13.1 Å². The fourth-order valence-corrected chi connectivity index (χ4v) is 6.67. The Morgan fingerprint density at radius 3 is 1.84 bits per heavy atom. The van der Waals surface area contributed by atoms with Crippen LogP contribution in [0.25, 0.3) is 0 Å². The van der Waals surface area contributed by atoms with Gasteiger partial charge < -0.3 is 4.18 Å². The maximum atomic E-state index is 13.6. The lowest BCUT2D eigenvalue weighted by Crippen LogP contribution is -2.31. The Hall–Kier alpha value is -3.10. The standard InChI is InChI=1S/C29H31F6NO5S2/c1-2-3-4-5-6-7-18-36(21-22-10-8-11-23(19-22)28(30,31)32)42(37,38)26-16-14-25(15-17-26)41-43(39,40)27-13-9-12-24(20-27)29(33,34)35/h8-17,19-20H,2-7,18,21H2,1H3. The molecule has 0 aliphatic rings. The van der Waals surface area contributed by atoms with E-state index < -0.39 is 48.5 Å². The predicted octanol–water partition coefficient (Wildman–Crippen LogP) is 8.04. The molecule has 0 saturated carbocycles. The van der Waals surface area contributed by atoms with Gasteiger partial charge in [0.1, 0.15) is 10.6 Å². The van der Waals surface area contributed by atoms with Gasteiger partial charge in [-0.05, 0) is 60.5 Å². The lowest BCUT2D eigenvalue weighted by atomic mass is 10.1. The van der Waals surface area contributed by atoms with E-state index in [2.05, 4.69) is 6.92 Å². The highest BCUT2D eigenvalue weighted by molar-refractivity contribution is 7.89. The minimum Gasteiger partial charge on any atom is -0.379 e. The summed E-state index contributed by atoms with van der Waals surface area (Å²) >= 11 is 0. The molecule has 43 heavy (non-hydrogen) atoms. The van der Waals surface area contributed by atoms with Crippen LogP contribution in [0.1, 0.15) is 62.1 Å². The van der Waals surface area contributed by atoms with E-state index in [0.717, 1.165) is 84.9 Å². The molecule has 0 unspecified atom stereocenters. The zero-order chi connectivity index (χ0) is 31.9. The number of halogens is 6. The van der Waals surface area contributed by atoms with Gasteiger partial charge in [0.15, 0.2) is 0 Å². The van der Waals surface area contributed by atoms with Crippen molar-refractivity contribution in [1.82, 2.24) is 4.31 Å². The summed E-state index contributed by atoms with van der Waals surface area (Å²) in [6.07, 6.45) is -4.30. The fraction of sp³-hybridized carbons (Fsp3) is 0.379. The van der Waals surface area contributed by atoms with Gasteiger partial charge in [0.05, 0.1) is 16.0 Å². The maximum Gasteiger partial charge on any atom is 0.416 e. The molecule has 14 heteroatoms. The van der Waals surface area contributed by atoms with Gasteiger partial charge in [-0.2, -0.15) is 39.1 Å². The van der Waals surface area contributed by atoms with Gasteiger partial charge in [0.2, 0.25) is 10.0 Å². The van der Waals surface area contributed by atoms with Gasteiger partial charge in [-0.1, -0.05) is 63.3 Å². The molecular weight excluding hydrogens is 620 g/mol. The summed E-state index contributed by atoms with van der Waals surface area (Å²) in [5, 5.41) is 0. The number of alkyl halides is 6. The molecule has 0 fully saturated rings. The number of hydrogen-bond donors (Lipinski definition) is 0. The van der Waals surface area contributed by atoms with Gasteiger partial charge in [0.25, 0.3) is 0 Å². The van der Waals surface area contributed by atoms with Crippen molar-refractivity contribution in [3.05, 3.63) is 89.5 Å². The van der Waals surface area contributed by atoms with Crippen molar-refractivity contribution in [3.8, 4) is 5.75 Å². The maximum absolute atomic E-state index is 13.6. The van der Waals surface area contributed by atoms with Crippen LogP contribution in [0.2, 0.25) is 0 Å². The summed E-state index contributed by atoms with van der Waals surface area (Å²) < 4.78 is 137. The Bertz CT molecular complexity index is 1570. The third-order valence-corrected chi connectivity index (χ3v) is 9.59. The molecule has 0 saturated heterocycles. The second-order valence-corrected chi connectivity index (χ2v) is 13.3. The molecule has 0 bridgehead atoms. The van der Waals surface area contributed by atoms with Crippen molar-refractivity contribution in [2.24, 2.45) is 0 Å². The molecule has 0 spiro atoms. The van der Waals surface area contributed by atoms with E-state index in [9.17, 15) is 43.2 Å². The van der Waals surface area contributed by atoms with Crippen LogP contribution in [-0.2, 0) is 39.0 Å². The van der Waals surface area contributed by atoms with Gasteiger partial charge in [-0.3, -0.25) is 0 Å². The Kier molecular flexibility index (Phi) is 11.3. The van der Waals surface area contributed by atoms with Crippen LogP contribution >= 0.6 is 0 Å². The van der Waals surface area contributed by atoms with Gasteiger partial charge >= 0.3 is 22.5 Å². The highest BCUT2D eigenvalue weighted by atomic mass is 32.2. The Morgan fingerprint density at radius 2 is 1.23 bits per heavy atom. The average molecular weight is 652 g/mol. The average Bonchev–Trinajstić information content (AvgIpc) is 2.93. The molecule has 3 rings (SSSR count). The highest BCUT2D eigenvalue weighted by Crippen LogP contribution is 2.32. The monoisotopic (exact) mass is 651 g/mol. The smallest absolute Gasteiger partial charge is 0.379 e. The van der Waals surface area contributed by atoms with Crippen molar-refractivity contribution < 1.29 is 47.4 Å². The van der Waals surface area contributed by atoms with E-state index in [1.54, 1.807) is 0 Å². The molecule has 0 heterocycles. The predicted molar refractivity (Wildman–Crippen MR) is 148 cm³/mol. The molecule has 3 aromatic rings. The third-order valence-electron chi connectivity index (χ3n) is 6.49. The van der Waals surface area contributed by atoms with Crippen molar-refractivity contribution in [3.63, 3.8) is 0 Å². The SMILES string of the molecule is CCCCCCCCN(Cc1cccc(C(F)(F)F)c1)S(=O)(=O)c1ccc(OS(=O)(=O)c2cccc(C(F)(F)F)c2)cc1. The van der Waals surface area contributed by atoms with Crippen molar-refractivity contribution in [1.29, 1.82) is 0 Å². The van der Waals surface area contributed by atoms with Crippen molar-refractivity contribution >= 4 is 20.1 Å². The molecule has 0 atom stereocenters. The zero-order valence-corrected chi connectivity index (χ0v) is 24.8. The van der Waals surface area contributed by atoms with E-state index in [1.165, 1.54) is 12.1 Å². The molecular formula is C29H31F6NO5S2. The van der Waals surface area contributed by atoms with Crippen LogP contribution in [0.4, 0.5) is 26.3 Å². The number of sulfonamides is 1. The molecule has 0 aliphatic heterocycles. The van der Waals surface area contributed by atoms with Gasteiger partial charge in [-0.25, -0.2) is 8.42 Å². The molecule has 0 aliphatic carbocycles. The number of unbranched alkanes of at least 4 members (excludes halogenated alkanes) is 5. The summed E-state index contributed by atoms with van der Waals surface area (Å²) in [6, 6.07) is 11.5. The van der Waals surface area contributed by atoms with Crippen LogP contribution < -0.4 is 4.18 Å². The second kappa shape index (κ2) is 14.1. The quantitative estimate of drug-likeness (QED) is 0.100. The molecule has 0 aromatic heterocycles. The van der Waals surface area contributed by atoms with E-state index in [-0.39, 0.29) is 29.3 Å². The van der Waals surface area contributed by atoms with E-state index in [1.807, 2.05) is 0 Å². The fourth-order valence-electron chi connectivity index (χ4n) is 4.22. The van der Waals surface area contributed by atoms with Crippen molar-refractivity contribution in [2.45, 2.75) is 74.1 Å². The summed E-state index contributed by atoms with van der Waals surface area (Å²) in [7, 11) is -8.95. The largest absolute Gasteiger partial charge is 0.416 e. The molecule has 236 valence electrons.